The molecule has 0 radical (unpaired) electrons. The number of pyridine rings is 1. The van der Waals surface area contributed by atoms with Gasteiger partial charge in [0, 0.05) is 33.5 Å². The van der Waals surface area contributed by atoms with Crippen LogP contribution in [0, 0.1) is 0 Å². The Hall–Kier alpha value is -7.50. The van der Waals surface area contributed by atoms with E-state index in [2.05, 4.69) is 164 Å². The molecule has 59 heavy (non-hydrogen) atoms. The van der Waals surface area contributed by atoms with Gasteiger partial charge in [0.25, 0.3) is 0 Å². The van der Waals surface area contributed by atoms with E-state index < -0.39 is 5.41 Å². The van der Waals surface area contributed by atoms with Crippen molar-refractivity contribution in [2.75, 3.05) is 0 Å². The molecular weight excluding hydrogens is 721 g/mol. The fourth-order valence-electron chi connectivity index (χ4n) is 10.6. The van der Waals surface area contributed by atoms with Crippen LogP contribution in [-0.4, -0.2) is 19.9 Å². The molecule has 3 aliphatic carbocycles. The molecule has 0 bridgehead atoms. The van der Waals surface area contributed by atoms with Gasteiger partial charge in [-0.2, -0.15) is 0 Å². The molecule has 0 saturated carbocycles. The van der Waals surface area contributed by atoms with Gasteiger partial charge in [0.2, 0.25) is 0 Å². The van der Waals surface area contributed by atoms with Crippen LogP contribution in [0.4, 0.5) is 0 Å². The maximum absolute atomic E-state index is 6.80. The molecule has 3 aliphatic rings. The van der Waals surface area contributed by atoms with Gasteiger partial charge in [0.05, 0.1) is 5.41 Å². The van der Waals surface area contributed by atoms with E-state index in [0.29, 0.717) is 23.2 Å². The monoisotopic (exact) mass is 754 g/mol. The second-order valence-electron chi connectivity index (χ2n) is 16.5. The van der Waals surface area contributed by atoms with E-state index in [1.807, 2.05) is 18.2 Å². The zero-order valence-corrected chi connectivity index (χ0v) is 32.4. The molecule has 5 nitrogen and oxygen atoms in total. The van der Waals surface area contributed by atoms with Crippen LogP contribution in [0.15, 0.2) is 174 Å². The van der Waals surface area contributed by atoms with Crippen LogP contribution in [0.3, 0.4) is 0 Å². The SMILES string of the molecule is CC1(C)c2ccccc2-c2ccc(-c3nc(-c4ccc5c(c4)oc4cc6c(cc45)C4(c5ccccc5-c5ccccc54)c4ccccc4-6)nc(-c4ccccn4)n3)cc21. The summed E-state index contributed by atoms with van der Waals surface area (Å²) in [5.74, 6) is 1.69. The Morgan fingerprint density at radius 2 is 0.915 bits per heavy atom. The fraction of sp³-hybridized carbons (Fsp3) is 0.0741. The van der Waals surface area contributed by atoms with Crippen molar-refractivity contribution in [1.82, 2.24) is 19.9 Å². The van der Waals surface area contributed by atoms with Gasteiger partial charge in [-0.15, -0.1) is 0 Å². The lowest BCUT2D eigenvalue weighted by molar-refractivity contribution is 0.660. The normalized spacial score (nSPS) is 14.5. The maximum atomic E-state index is 6.80. The minimum absolute atomic E-state index is 0.152. The quantitative estimate of drug-likeness (QED) is 0.180. The zero-order chi connectivity index (χ0) is 39.0. The van der Waals surface area contributed by atoms with Crippen LogP contribution >= 0.6 is 0 Å². The van der Waals surface area contributed by atoms with Crippen molar-refractivity contribution < 1.29 is 4.42 Å². The standard InChI is InChI=1S/C54H34N4O/c1-53(2)41-17-7-3-13-33(41)37-24-22-31(27-45(37)53)50-56-51(58-52(57-50)47-21-11-12-26-55-47)32-23-25-38-40-29-46-39(30-49(40)59-48(38)28-32)36-16-6-10-20-44(36)54(46)42-18-8-4-14-34(42)35-15-5-9-19-43(35)54/h3-30H,1-2H3. The highest BCUT2D eigenvalue weighted by atomic mass is 16.3. The summed E-state index contributed by atoms with van der Waals surface area (Å²) in [5, 5.41) is 2.14. The van der Waals surface area contributed by atoms with E-state index in [1.165, 1.54) is 66.8 Å². The van der Waals surface area contributed by atoms with Crippen molar-refractivity contribution in [3.63, 3.8) is 0 Å². The molecule has 7 aromatic carbocycles. The topological polar surface area (TPSA) is 64.7 Å². The predicted octanol–water partition coefficient (Wildman–Crippen LogP) is 12.8. The molecule has 0 atom stereocenters. The Labute approximate surface area is 340 Å². The first-order chi connectivity index (χ1) is 29.0. The molecule has 0 unspecified atom stereocenters. The molecule has 5 heteroatoms. The molecule has 13 rings (SSSR count). The number of fused-ring (bicyclic) bond motifs is 16. The maximum Gasteiger partial charge on any atom is 0.182 e. The number of benzene rings is 7. The van der Waals surface area contributed by atoms with Gasteiger partial charge in [0.15, 0.2) is 17.5 Å². The molecule has 0 fully saturated rings. The average molecular weight is 755 g/mol. The summed E-state index contributed by atoms with van der Waals surface area (Å²) in [4.78, 5) is 19.9. The third-order valence-corrected chi connectivity index (χ3v) is 13.2. The summed E-state index contributed by atoms with van der Waals surface area (Å²) in [6.07, 6.45) is 1.77. The van der Waals surface area contributed by atoms with Crippen LogP contribution in [-0.2, 0) is 10.8 Å². The minimum atomic E-state index is -0.421. The number of hydrogen-bond acceptors (Lipinski definition) is 5. The molecule has 0 amide bonds. The van der Waals surface area contributed by atoms with Crippen molar-refractivity contribution in [1.29, 1.82) is 0 Å². The van der Waals surface area contributed by atoms with Crippen LogP contribution in [0.25, 0.3) is 89.6 Å². The van der Waals surface area contributed by atoms with E-state index in [1.54, 1.807) is 6.20 Å². The second kappa shape index (κ2) is 11.6. The van der Waals surface area contributed by atoms with E-state index in [0.717, 1.165) is 33.1 Å². The van der Waals surface area contributed by atoms with Crippen LogP contribution in [0.5, 0.6) is 0 Å². The summed E-state index contributed by atoms with van der Waals surface area (Å²) < 4.78 is 6.80. The fourth-order valence-corrected chi connectivity index (χ4v) is 10.6. The molecule has 3 aromatic heterocycles. The molecule has 3 heterocycles. The van der Waals surface area contributed by atoms with Gasteiger partial charge < -0.3 is 4.42 Å². The Morgan fingerprint density at radius 3 is 1.58 bits per heavy atom. The second-order valence-corrected chi connectivity index (χ2v) is 16.5. The Balaban J connectivity index is 0.986. The Kier molecular flexibility index (Phi) is 6.38. The minimum Gasteiger partial charge on any atom is -0.456 e. The van der Waals surface area contributed by atoms with Crippen molar-refractivity contribution in [3.8, 4) is 67.7 Å². The van der Waals surface area contributed by atoms with E-state index in [-0.39, 0.29) is 5.41 Å². The number of rotatable bonds is 3. The molecule has 0 saturated heterocycles. The average Bonchev–Trinajstić information content (AvgIpc) is 3.97. The molecule has 0 aliphatic heterocycles. The van der Waals surface area contributed by atoms with E-state index in [9.17, 15) is 0 Å². The summed E-state index contributed by atoms with van der Waals surface area (Å²) in [5.41, 5.74) is 19.0. The largest absolute Gasteiger partial charge is 0.456 e. The van der Waals surface area contributed by atoms with Gasteiger partial charge in [-0.1, -0.05) is 135 Å². The first-order valence-corrected chi connectivity index (χ1v) is 20.2. The van der Waals surface area contributed by atoms with Crippen molar-refractivity contribution >= 4 is 21.9 Å². The van der Waals surface area contributed by atoms with Crippen molar-refractivity contribution in [2.24, 2.45) is 0 Å². The Morgan fingerprint density at radius 1 is 0.390 bits per heavy atom. The molecule has 10 aromatic rings. The molecular formula is C54H34N4O. The lowest BCUT2D eigenvalue weighted by Crippen LogP contribution is -2.25. The summed E-state index contributed by atoms with van der Waals surface area (Å²) >= 11 is 0. The number of hydrogen-bond donors (Lipinski definition) is 0. The third-order valence-electron chi connectivity index (χ3n) is 13.2. The predicted molar refractivity (Wildman–Crippen MR) is 235 cm³/mol. The molecule has 276 valence electrons. The number of furan rings is 1. The highest BCUT2D eigenvalue weighted by molar-refractivity contribution is 6.09. The van der Waals surface area contributed by atoms with Crippen molar-refractivity contribution in [3.05, 3.63) is 203 Å². The van der Waals surface area contributed by atoms with Gasteiger partial charge in [-0.25, -0.2) is 15.0 Å². The summed E-state index contributed by atoms with van der Waals surface area (Å²) in [7, 11) is 0. The third kappa shape index (κ3) is 4.28. The lowest BCUT2D eigenvalue weighted by atomic mass is 9.70. The highest BCUT2D eigenvalue weighted by Gasteiger charge is 2.51. The summed E-state index contributed by atoms with van der Waals surface area (Å²) in [6.45, 7) is 4.59. The van der Waals surface area contributed by atoms with Gasteiger partial charge >= 0.3 is 0 Å². The number of nitrogens with zero attached hydrogens (tertiary/aromatic N) is 4. The van der Waals surface area contributed by atoms with E-state index in [4.69, 9.17) is 19.4 Å². The Bertz CT molecular complexity index is 3390. The lowest BCUT2D eigenvalue weighted by Gasteiger charge is -2.30. The first-order valence-electron chi connectivity index (χ1n) is 20.2. The zero-order valence-electron chi connectivity index (χ0n) is 32.4. The first kappa shape index (κ1) is 32.6. The van der Waals surface area contributed by atoms with Crippen molar-refractivity contribution in [2.45, 2.75) is 24.7 Å². The number of aromatic nitrogens is 4. The van der Waals surface area contributed by atoms with Gasteiger partial charge in [-0.3, -0.25) is 4.98 Å². The summed E-state index contributed by atoms with van der Waals surface area (Å²) in [6, 6.07) is 58.8. The molecule has 0 N–H and O–H groups in total. The smallest absolute Gasteiger partial charge is 0.182 e. The molecule has 1 spiro atoms. The van der Waals surface area contributed by atoms with E-state index >= 15 is 0 Å². The van der Waals surface area contributed by atoms with Gasteiger partial charge in [0.1, 0.15) is 16.9 Å². The van der Waals surface area contributed by atoms with Crippen LogP contribution in [0.2, 0.25) is 0 Å². The van der Waals surface area contributed by atoms with Crippen LogP contribution < -0.4 is 0 Å². The van der Waals surface area contributed by atoms with Gasteiger partial charge in [-0.05, 0) is 109 Å². The highest BCUT2D eigenvalue weighted by Crippen LogP contribution is 2.63. The van der Waals surface area contributed by atoms with Crippen LogP contribution in [0.1, 0.15) is 47.2 Å².